The Morgan fingerprint density at radius 1 is 1.03 bits per heavy atom. The Bertz CT molecular complexity index is 1140. The van der Waals surface area contributed by atoms with Gasteiger partial charge in [-0.1, -0.05) is 12.1 Å². The average Bonchev–Trinajstić information content (AvgIpc) is 2.68. The van der Waals surface area contributed by atoms with Gasteiger partial charge in [-0.3, -0.25) is 9.52 Å². The van der Waals surface area contributed by atoms with Gasteiger partial charge in [0.2, 0.25) is 0 Å². The van der Waals surface area contributed by atoms with Gasteiger partial charge in [-0.2, -0.15) is 0 Å². The highest BCUT2D eigenvalue weighted by atomic mass is 32.2. The SMILES string of the molecule is CCOc1ccccc1C(=O)Nc1ccc(S(=O)(=O)Nc2cc(C)nc(C)n2)cc1. The van der Waals surface area contributed by atoms with Crippen molar-refractivity contribution < 1.29 is 17.9 Å². The number of aryl methyl sites for hydroxylation is 2. The highest BCUT2D eigenvalue weighted by Gasteiger charge is 2.17. The van der Waals surface area contributed by atoms with Crippen LogP contribution in [0.25, 0.3) is 0 Å². The predicted molar refractivity (Wildman–Crippen MR) is 114 cm³/mol. The standard InChI is InChI=1S/C21H22N4O4S/c1-4-29-19-8-6-5-7-18(19)21(26)24-16-9-11-17(12-10-16)30(27,28)25-20-13-14(2)22-15(3)23-20/h5-13H,4H2,1-3H3,(H,24,26)(H,22,23,25). The molecule has 0 unspecified atom stereocenters. The van der Waals surface area contributed by atoms with E-state index in [1.54, 1.807) is 44.2 Å². The second kappa shape index (κ2) is 8.91. The van der Waals surface area contributed by atoms with Crippen LogP contribution in [-0.4, -0.2) is 30.9 Å². The number of nitrogens with zero attached hydrogens (tertiary/aromatic N) is 2. The Kier molecular flexibility index (Phi) is 6.31. The van der Waals surface area contributed by atoms with Crippen LogP contribution in [0.15, 0.2) is 59.5 Å². The third kappa shape index (κ3) is 5.12. The molecule has 2 aromatic carbocycles. The molecule has 0 atom stereocenters. The minimum atomic E-state index is -3.83. The number of carbonyl (C=O) groups excluding carboxylic acids is 1. The molecule has 0 aliphatic rings. The number of anilines is 2. The number of ether oxygens (including phenoxy) is 1. The number of hydrogen-bond donors (Lipinski definition) is 2. The lowest BCUT2D eigenvalue weighted by Gasteiger charge is -2.11. The van der Waals surface area contributed by atoms with Crippen molar-refractivity contribution in [3.63, 3.8) is 0 Å². The smallest absolute Gasteiger partial charge is 0.263 e. The van der Waals surface area contributed by atoms with Crippen molar-refractivity contribution in [2.24, 2.45) is 0 Å². The van der Waals surface area contributed by atoms with Crippen molar-refractivity contribution in [2.45, 2.75) is 25.7 Å². The Hall–Kier alpha value is -3.46. The van der Waals surface area contributed by atoms with Gasteiger partial charge < -0.3 is 10.1 Å². The fourth-order valence-electron chi connectivity index (χ4n) is 2.82. The lowest BCUT2D eigenvalue weighted by molar-refractivity contribution is 0.102. The number of hydrogen-bond acceptors (Lipinski definition) is 6. The van der Waals surface area contributed by atoms with E-state index < -0.39 is 10.0 Å². The lowest BCUT2D eigenvalue weighted by Crippen LogP contribution is -2.16. The van der Waals surface area contributed by atoms with Crippen LogP contribution in [0, 0.1) is 13.8 Å². The summed E-state index contributed by atoms with van der Waals surface area (Å²) in [5.74, 6) is 0.805. The zero-order valence-corrected chi connectivity index (χ0v) is 17.7. The van der Waals surface area contributed by atoms with Crippen molar-refractivity contribution in [3.8, 4) is 5.75 Å². The van der Waals surface area contributed by atoms with E-state index in [4.69, 9.17) is 4.74 Å². The first kappa shape index (κ1) is 21.3. The molecule has 3 rings (SSSR count). The quantitative estimate of drug-likeness (QED) is 0.598. The van der Waals surface area contributed by atoms with Gasteiger partial charge >= 0.3 is 0 Å². The van der Waals surface area contributed by atoms with E-state index in [9.17, 15) is 13.2 Å². The van der Waals surface area contributed by atoms with Gasteiger partial charge in [-0.25, -0.2) is 18.4 Å². The van der Waals surface area contributed by atoms with Gasteiger partial charge in [0.1, 0.15) is 17.4 Å². The van der Waals surface area contributed by atoms with E-state index in [0.717, 1.165) is 0 Å². The lowest BCUT2D eigenvalue weighted by atomic mass is 10.2. The number of nitrogens with one attached hydrogen (secondary N) is 2. The molecule has 0 spiro atoms. The first-order chi connectivity index (χ1) is 14.3. The molecule has 9 heteroatoms. The zero-order chi connectivity index (χ0) is 21.7. The third-order valence-corrected chi connectivity index (χ3v) is 5.43. The molecular weight excluding hydrogens is 404 g/mol. The Morgan fingerprint density at radius 2 is 1.73 bits per heavy atom. The maximum atomic E-state index is 12.6. The second-order valence-electron chi connectivity index (χ2n) is 6.45. The largest absolute Gasteiger partial charge is 0.493 e. The van der Waals surface area contributed by atoms with Gasteiger partial charge in [-0.15, -0.1) is 0 Å². The number of rotatable bonds is 7. The number of amides is 1. The van der Waals surface area contributed by atoms with Crippen LogP contribution >= 0.6 is 0 Å². The molecular formula is C21H22N4O4S. The summed E-state index contributed by atoms with van der Waals surface area (Å²) in [6.45, 7) is 5.72. The first-order valence-electron chi connectivity index (χ1n) is 9.27. The topological polar surface area (TPSA) is 110 Å². The predicted octanol–water partition coefficient (Wildman–Crippen LogP) is 3.55. The van der Waals surface area contributed by atoms with E-state index in [1.807, 2.05) is 6.92 Å². The Labute approximate surface area is 175 Å². The van der Waals surface area contributed by atoms with Gasteiger partial charge in [0.05, 0.1) is 17.1 Å². The summed E-state index contributed by atoms with van der Waals surface area (Å²) in [5.41, 5.74) is 1.51. The first-order valence-corrected chi connectivity index (χ1v) is 10.7. The molecule has 3 aromatic rings. The van der Waals surface area contributed by atoms with E-state index in [0.29, 0.717) is 35.1 Å². The van der Waals surface area contributed by atoms with E-state index in [1.165, 1.54) is 24.3 Å². The molecule has 0 aliphatic heterocycles. The summed E-state index contributed by atoms with van der Waals surface area (Å²) < 4.78 is 33.2. The monoisotopic (exact) mass is 426 g/mol. The Balaban J connectivity index is 1.75. The molecule has 1 aromatic heterocycles. The Morgan fingerprint density at radius 3 is 2.40 bits per heavy atom. The molecule has 1 amide bonds. The molecule has 0 radical (unpaired) electrons. The average molecular weight is 426 g/mol. The van der Waals surface area contributed by atoms with Crippen LogP contribution in [-0.2, 0) is 10.0 Å². The van der Waals surface area contributed by atoms with E-state index in [2.05, 4.69) is 20.0 Å². The fraction of sp³-hybridized carbons (Fsp3) is 0.190. The van der Waals surface area contributed by atoms with Crippen LogP contribution in [0.4, 0.5) is 11.5 Å². The van der Waals surface area contributed by atoms with Crippen LogP contribution in [0.5, 0.6) is 5.75 Å². The van der Waals surface area contributed by atoms with Crippen LogP contribution < -0.4 is 14.8 Å². The molecule has 0 bridgehead atoms. The molecule has 0 fully saturated rings. The normalized spacial score (nSPS) is 11.0. The third-order valence-electron chi connectivity index (χ3n) is 4.06. The minimum absolute atomic E-state index is 0.0455. The summed E-state index contributed by atoms with van der Waals surface area (Å²) in [4.78, 5) is 20.8. The van der Waals surface area contributed by atoms with Crippen molar-refractivity contribution in [1.29, 1.82) is 0 Å². The van der Waals surface area contributed by atoms with Gasteiger partial charge in [-0.05, 0) is 57.2 Å². The molecule has 0 saturated carbocycles. The van der Waals surface area contributed by atoms with Gasteiger partial charge in [0, 0.05) is 17.4 Å². The maximum absolute atomic E-state index is 12.6. The molecule has 156 valence electrons. The fourth-order valence-corrected chi connectivity index (χ4v) is 3.81. The number of benzene rings is 2. The summed E-state index contributed by atoms with van der Waals surface area (Å²) in [7, 11) is -3.83. The molecule has 2 N–H and O–H groups in total. The van der Waals surface area contributed by atoms with Crippen molar-refractivity contribution in [3.05, 3.63) is 71.7 Å². The summed E-state index contributed by atoms with van der Waals surface area (Å²) in [6.07, 6.45) is 0. The summed E-state index contributed by atoms with van der Waals surface area (Å²) in [5, 5.41) is 2.75. The van der Waals surface area contributed by atoms with Crippen molar-refractivity contribution >= 4 is 27.4 Å². The number of aromatic nitrogens is 2. The number of sulfonamides is 1. The van der Waals surface area contributed by atoms with Gasteiger partial charge in [0.25, 0.3) is 15.9 Å². The molecule has 8 nitrogen and oxygen atoms in total. The van der Waals surface area contributed by atoms with E-state index >= 15 is 0 Å². The summed E-state index contributed by atoms with van der Waals surface area (Å²) >= 11 is 0. The number of para-hydroxylation sites is 1. The van der Waals surface area contributed by atoms with Gasteiger partial charge in [0.15, 0.2) is 0 Å². The van der Waals surface area contributed by atoms with Crippen molar-refractivity contribution in [1.82, 2.24) is 9.97 Å². The molecule has 0 saturated heterocycles. The highest BCUT2D eigenvalue weighted by Crippen LogP contribution is 2.21. The molecule has 30 heavy (non-hydrogen) atoms. The second-order valence-corrected chi connectivity index (χ2v) is 8.14. The van der Waals surface area contributed by atoms with Crippen LogP contribution in [0.1, 0.15) is 28.8 Å². The molecule has 0 aliphatic carbocycles. The maximum Gasteiger partial charge on any atom is 0.263 e. The van der Waals surface area contributed by atoms with Crippen LogP contribution in [0.3, 0.4) is 0 Å². The molecule has 1 heterocycles. The number of carbonyl (C=O) groups is 1. The van der Waals surface area contributed by atoms with Crippen LogP contribution in [0.2, 0.25) is 0 Å². The minimum Gasteiger partial charge on any atom is -0.493 e. The summed E-state index contributed by atoms with van der Waals surface area (Å²) in [6, 6.07) is 14.3. The highest BCUT2D eigenvalue weighted by molar-refractivity contribution is 7.92. The van der Waals surface area contributed by atoms with Crippen molar-refractivity contribution in [2.75, 3.05) is 16.6 Å². The zero-order valence-electron chi connectivity index (χ0n) is 16.8. The van der Waals surface area contributed by atoms with E-state index in [-0.39, 0.29) is 16.6 Å².